The number of anilines is 1. The van der Waals surface area contributed by atoms with Crippen LogP contribution in [0.15, 0.2) is 12.3 Å². The fourth-order valence-electron chi connectivity index (χ4n) is 1.29. The van der Waals surface area contributed by atoms with E-state index < -0.39 is 5.97 Å². The SMILES string of the molecule is CCOC(=O)c1ncc(N)cc1-c1nn[nH]n1. The van der Waals surface area contributed by atoms with E-state index in [1.54, 1.807) is 13.0 Å². The number of nitrogen functional groups attached to an aromatic ring is 1. The molecule has 88 valence electrons. The number of hydrogen-bond donors (Lipinski definition) is 2. The molecule has 0 radical (unpaired) electrons. The molecule has 8 heteroatoms. The van der Waals surface area contributed by atoms with Crippen molar-refractivity contribution < 1.29 is 9.53 Å². The van der Waals surface area contributed by atoms with Crippen LogP contribution < -0.4 is 5.73 Å². The minimum absolute atomic E-state index is 0.113. The molecule has 0 bridgehead atoms. The van der Waals surface area contributed by atoms with Gasteiger partial charge < -0.3 is 10.5 Å². The maximum atomic E-state index is 11.7. The molecule has 2 aromatic heterocycles. The number of nitrogens with two attached hydrogens (primary N) is 1. The fraction of sp³-hybridized carbons (Fsp3) is 0.222. The molecule has 2 aromatic rings. The average Bonchev–Trinajstić information content (AvgIpc) is 2.82. The van der Waals surface area contributed by atoms with Crippen molar-refractivity contribution in [2.24, 2.45) is 0 Å². The highest BCUT2D eigenvalue weighted by Gasteiger charge is 2.18. The van der Waals surface area contributed by atoms with E-state index in [4.69, 9.17) is 10.5 Å². The van der Waals surface area contributed by atoms with Crippen LogP contribution in [0, 0.1) is 0 Å². The summed E-state index contributed by atoms with van der Waals surface area (Å²) >= 11 is 0. The van der Waals surface area contributed by atoms with Crippen LogP contribution in [0.2, 0.25) is 0 Å². The molecular weight excluding hydrogens is 224 g/mol. The highest BCUT2D eigenvalue weighted by molar-refractivity contribution is 5.94. The Labute approximate surface area is 96.2 Å². The van der Waals surface area contributed by atoms with E-state index in [9.17, 15) is 4.79 Å². The van der Waals surface area contributed by atoms with E-state index in [1.165, 1.54) is 6.20 Å². The van der Waals surface area contributed by atoms with E-state index in [-0.39, 0.29) is 18.1 Å². The number of aromatic amines is 1. The number of ether oxygens (including phenoxy) is 1. The summed E-state index contributed by atoms with van der Waals surface area (Å²) in [6.45, 7) is 1.97. The van der Waals surface area contributed by atoms with Crippen LogP contribution in [-0.4, -0.2) is 38.2 Å². The predicted molar refractivity (Wildman–Crippen MR) is 57.8 cm³/mol. The number of carbonyl (C=O) groups excluding carboxylic acids is 1. The summed E-state index contributed by atoms with van der Waals surface area (Å²) < 4.78 is 4.88. The summed E-state index contributed by atoms with van der Waals surface area (Å²) in [6.07, 6.45) is 1.37. The second-order valence-corrected chi connectivity index (χ2v) is 3.12. The summed E-state index contributed by atoms with van der Waals surface area (Å²) in [6, 6.07) is 1.55. The van der Waals surface area contributed by atoms with Gasteiger partial charge in [0.1, 0.15) is 0 Å². The second-order valence-electron chi connectivity index (χ2n) is 3.12. The Morgan fingerprint density at radius 3 is 3.06 bits per heavy atom. The number of nitrogens with one attached hydrogen (secondary N) is 1. The molecular formula is C9H10N6O2. The first-order valence-electron chi connectivity index (χ1n) is 4.88. The molecule has 3 N–H and O–H groups in total. The van der Waals surface area contributed by atoms with E-state index in [0.717, 1.165) is 0 Å². The Hall–Kier alpha value is -2.51. The maximum Gasteiger partial charge on any atom is 0.357 e. The second kappa shape index (κ2) is 4.56. The normalized spacial score (nSPS) is 10.2. The lowest BCUT2D eigenvalue weighted by Crippen LogP contribution is -2.10. The molecule has 0 aliphatic heterocycles. The highest BCUT2D eigenvalue weighted by atomic mass is 16.5. The topological polar surface area (TPSA) is 120 Å². The molecule has 0 aliphatic rings. The van der Waals surface area contributed by atoms with Crippen molar-refractivity contribution in [3.8, 4) is 11.4 Å². The Morgan fingerprint density at radius 1 is 1.59 bits per heavy atom. The summed E-state index contributed by atoms with van der Waals surface area (Å²) in [5.41, 5.74) is 6.51. The van der Waals surface area contributed by atoms with Crippen LogP contribution in [0.25, 0.3) is 11.4 Å². The third kappa shape index (κ3) is 2.19. The molecule has 2 rings (SSSR count). The van der Waals surface area contributed by atoms with Gasteiger partial charge in [0.2, 0.25) is 5.82 Å². The van der Waals surface area contributed by atoms with E-state index >= 15 is 0 Å². The first-order valence-corrected chi connectivity index (χ1v) is 4.88. The maximum absolute atomic E-state index is 11.7. The van der Waals surface area contributed by atoms with Crippen molar-refractivity contribution >= 4 is 11.7 Å². The smallest absolute Gasteiger partial charge is 0.357 e. The molecule has 2 heterocycles. The summed E-state index contributed by atoms with van der Waals surface area (Å²) in [7, 11) is 0. The number of aromatic nitrogens is 5. The molecule has 0 aromatic carbocycles. The van der Waals surface area contributed by atoms with Gasteiger partial charge >= 0.3 is 5.97 Å². The lowest BCUT2D eigenvalue weighted by molar-refractivity contribution is 0.0520. The van der Waals surface area contributed by atoms with Crippen LogP contribution in [0.4, 0.5) is 5.69 Å². The molecule has 0 fully saturated rings. The van der Waals surface area contributed by atoms with E-state index in [2.05, 4.69) is 25.6 Å². The molecule has 0 spiro atoms. The largest absolute Gasteiger partial charge is 0.461 e. The van der Waals surface area contributed by atoms with Crippen molar-refractivity contribution in [3.05, 3.63) is 18.0 Å². The highest BCUT2D eigenvalue weighted by Crippen LogP contribution is 2.20. The minimum Gasteiger partial charge on any atom is -0.461 e. The zero-order chi connectivity index (χ0) is 12.3. The molecule has 0 saturated heterocycles. The van der Waals surface area contributed by atoms with Crippen molar-refractivity contribution in [2.45, 2.75) is 6.92 Å². The number of pyridine rings is 1. The van der Waals surface area contributed by atoms with Gasteiger partial charge in [-0.05, 0) is 18.2 Å². The number of esters is 1. The first-order chi connectivity index (χ1) is 8.22. The van der Waals surface area contributed by atoms with Crippen LogP contribution in [0.1, 0.15) is 17.4 Å². The quantitative estimate of drug-likeness (QED) is 0.718. The van der Waals surface area contributed by atoms with Gasteiger partial charge in [-0.1, -0.05) is 0 Å². The molecule has 0 amide bonds. The monoisotopic (exact) mass is 234 g/mol. The zero-order valence-corrected chi connectivity index (χ0v) is 9.04. The lowest BCUT2D eigenvalue weighted by atomic mass is 10.1. The average molecular weight is 234 g/mol. The molecule has 0 atom stereocenters. The van der Waals surface area contributed by atoms with Gasteiger partial charge in [0.05, 0.1) is 24.1 Å². The number of carbonyl (C=O) groups is 1. The van der Waals surface area contributed by atoms with Gasteiger partial charge in [0.25, 0.3) is 0 Å². The standard InChI is InChI=1S/C9H10N6O2/c1-2-17-9(16)7-6(3-5(10)4-11-7)8-12-14-15-13-8/h3-4H,2,10H2,1H3,(H,12,13,14,15). The Morgan fingerprint density at radius 2 is 2.41 bits per heavy atom. The van der Waals surface area contributed by atoms with Crippen molar-refractivity contribution in [1.82, 2.24) is 25.6 Å². The van der Waals surface area contributed by atoms with Gasteiger partial charge in [-0.2, -0.15) is 5.21 Å². The van der Waals surface area contributed by atoms with Gasteiger partial charge in [-0.15, -0.1) is 10.2 Å². The number of H-pyrrole nitrogens is 1. The van der Waals surface area contributed by atoms with Gasteiger partial charge in [0, 0.05) is 0 Å². The Balaban J connectivity index is 2.49. The number of hydrogen-bond acceptors (Lipinski definition) is 7. The summed E-state index contributed by atoms with van der Waals surface area (Å²) in [4.78, 5) is 15.6. The van der Waals surface area contributed by atoms with Crippen molar-refractivity contribution in [1.29, 1.82) is 0 Å². The van der Waals surface area contributed by atoms with Gasteiger partial charge in [0.15, 0.2) is 5.69 Å². The predicted octanol–water partition coefficient (Wildman–Crippen LogP) is 0.0206. The van der Waals surface area contributed by atoms with Crippen LogP contribution in [0.3, 0.4) is 0 Å². The van der Waals surface area contributed by atoms with Gasteiger partial charge in [-0.25, -0.2) is 9.78 Å². The molecule has 17 heavy (non-hydrogen) atoms. The lowest BCUT2D eigenvalue weighted by Gasteiger charge is -2.05. The summed E-state index contributed by atoms with van der Waals surface area (Å²) in [5, 5.41) is 13.3. The Kier molecular flexibility index (Phi) is 2.95. The molecule has 8 nitrogen and oxygen atoms in total. The summed E-state index contributed by atoms with van der Waals surface area (Å²) in [5.74, 6) is -0.305. The first kappa shape index (κ1) is 11.0. The molecule has 0 saturated carbocycles. The third-order valence-corrected chi connectivity index (χ3v) is 1.96. The van der Waals surface area contributed by atoms with Gasteiger partial charge in [-0.3, -0.25) is 0 Å². The number of tetrazole rings is 1. The number of rotatable bonds is 3. The van der Waals surface area contributed by atoms with Crippen molar-refractivity contribution in [2.75, 3.05) is 12.3 Å². The molecule has 0 unspecified atom stereocenters. The minimum atomic E-state index is -0.549. The third-order valence-electron chi connectivity index (χ3n) is 1.96. The fourth-order valence-corrected chi connectivity index (χ4v) is 1.29. The van der Waals surface area contributed by atoms with E-state index in [1.807, 2.05) is 0 Å². The van der Waals surface area contributed by atoms with E-state index in [0.29, 0.717) is 11.3 Å². The van der Waals surface area contributed by atoms with Crippen LogP contribution in [-0.2, 0) is 4.74 Å². The Bertz CT molecular complexity index is 524. The number of nitrogens with zero attached hydrogens (tertiary/aromatic N) is 4. The van der Waals surface area contributed by atoms with Crippen LogP contribution in [0.5, 0.6) is 0 Å². The van der Waals surface area contributed by atoms with Crippen LogP contribution >= 0.6 is 0 Å². The van der Waals surface area contributed by atoms with Crippen molar-refractivity contribution in [3.63, 3.8) is 0 Å². The zero-order valence-electron chi connectivity index (χ0n) is 9.04. The molecule has 0 aliphatic carbocycles.